The number of carbonyl (C=O) groups is 2. The molecule has 14 heavy (non-hydrogen) atoms. The van der Waals surface area contributed by atoms with Gasteiger partial charge in [-0.05, 0) is 33.5 Å². The van der Waals surface area contributed by atoms with Crippen LogP contribution in [0, 0.1) is 0 Å². The normalized spacial score (nSPS) is 11.8. The van der Waals surface area contributed by atoms with Crippen LogP contribution in [0.2, 0.25) is 0 Å². The van der Waals surface area contributed by atoms with Crippen LogP contribution in [0.5, 0.6) is 0 Å². The van der Waals surface area contributed by atoms with Crippen molar-refractivity contribution in [3.63, 3.8) is 0 Å². The monoisotopic (exact) mass is 200 g/mol. The van der Waals surface area contributed by atoms with Gasteiger partial charge in [0.15, 0.2) is 0 Å². The molecule has 0 aliphatic carbocycles. The second-order valence-electron chi connectivity index (χ2n) is 3.28. The zero-order valence-corrected chi connectivity index (χ0v) is 8.49. The first-order valence-electron chi connectivity index (χ1n) is 4.31. The molecular weight excluding hydrogens is 184 g/mol. The molecule has 0 spiro atoms. The standard InChI is InChI=1S/C9H16N2O3/c1-11(2)5-3-4-7(9(13)14)6-8(10)12/h6H,3-5H2,1-2H3,(H2,10,12)(H,13,14)/b7-6-. The summed E-state index contributed by atoms with van der Waals surface area (Å²) >= 11 is 0. The largest absolute Gasteiger partial charge is 0.478 e. The molecule has 0 aromatic heterocycles. The van der Waals surface area contributed by atoms with Crippen LogP contribution in [0.25, 0.3) is 0 Å². The van der Waals surface area contributed by atoms with Crippen LogP contribution in [0.4, 0.5) is 0 Å². The highest BCUT2D eigenvalue weighted by atomic mass is 16.4. The molecule has 0 rings (SSSR count). The van der Waals surface area contributed by atoms with Crippen LogP contribution >= 0.6 is 0 Å². The zero-order chi connectivity index (χ0) is 11.1. The molecule has 3 N–H and O–H groups in total. The number of hydrogen-bond acceptors (Lipinski definition) is 3. The van der Waals surface area contributed by atoms with E-state index in [0.717, 1.165) is 12.6 Å². The van der Waals surface area contributed by atoms with E-state index in [0.29, 0.717) is 12.8 Å². The van der Waals surface area contributed by atoms with Crippen molar-refractivity contribution in [2.24, 2.45) is 5.73 Å². The number of aliphatic carboxylic acids is 1. The third-order valence-corrected chi connectivity index (χ3v) is 1.64. The van der Waals surface area contributed by atoms with Crippen LogP contribution in [0.1, 0.15) is 12.8 Å². The Kier molecular flexibility index (Phi) is 5.55. The van der Waals surface area contributed by atoms with E-state index in [1.807, 2.05) is 19.0 Å². The topological polar surface area (TPSA) is 83.6 Å². The summed E-state index contributed by atoms with van der Waals surface area (Å²) in [7, 11) is 3.80. The van der Waals surface area contributed by atoms with Gasteiger partial charge in [-0.25, -0.2) is 4.79 Å². The molecule has 0 radical (unpaired) electrons. The first-order valence-corrected chi connectivity index (χ1v) is 4.31. The lowest BCUT2D eigenvalue weighted by atomic mass is 10.1. The number of primary amides is 1. The maximum absolute atomic E-state index is 10.6. The van der Waals surface area contributed by atoms with E-state index in [4.69, 9.17) is 10.8 Å². The summed E-state index contributed by atoms with van der Waals surface area (Å²) in [5.74, 6) is -1.80. The molecule has 0 atom stereocenters. The van der Waals surface area contributed by atoms with Crippen molar-refractivity contribution < 1.29 is 14.7 Å². The molecule has 5 heteroatoms. The second-order valence-corrected chi connectivity index (χ2v) is 3.28. The van der Waals surface area contributed by atoms with Gasteiger partial charge < -0.3 is 15.7 Å². The van der Waals surface area contributed by atoms with Crippen molar-refractivity contribution >= 4 is 11.9 Å². The second kappa shape index (κ2) is 6.15. The maximum atomic E-state index is 10.6. The van der Waals surface area contributed by atoms with Gasteiger partial charge in [0.1, 0.15) is 0 Å². The Balaban J connectivity index is 4.12. The molecule has 0 saturated carbocycles. The highest BCUT2D eigenvalue weighted by molar-refractivity contribution is 5.96. The number of hydrogen-bond donors (Lipinski definition) is 2. The van der Waals surface area contributed by atoms with E-state index in [-0.39, 0.29) is 5.57 Å². The van der Waals surface area contributed by atoms with Crippen molar-refractivity contribution in [3.05, 3.63) is 11.6 Å². The minimum absolute atomic E-state index is 0.0688. The minimum Gasteiger partial charge on any atom is -0.478 e. The lowest BCUT2D eigenvalue weighted by molar-refractivity contribution is -0.133. The van der Waals surface area contributed by atoms with E-state index >= 15 is 0 Å². The van der Waals surface area contributed by atoms with Gasteiger partial charge >= 0.3 is 5.97 Å². The average Bonchev–Trinajstić information content (AvgIpc) is 2.00. The van der Waals surface area contributed by atoms with Crippen molar-refractivity contribution in [1.82, 2.24) is 4.90 Å². The summed E-state index contributed by atoms with van der Waals surface area (Å²) in [6, 6.07) is 0. The van der Waals surface area contributed by atoms with Gasteiger partial charge in [-0.1, -0.05) is 0 Å². The quantitative estimate of drug-likeness (QED) is 0.583. The van der Waals surface area contributed by atoms with Crippen LogP contribution in [-0.4, -0.2) is 42.5 Å². The van der Waals surface area contributed by atoms with Crippen molar-refractivity contribution in [3.8, 4) is 0 Å². The molecule has 0 saturated heterocycles. The Morgan fingerprint density at radius 2 is 2.00 bits per heavy atom. The molecular formula is C9H16N2O3. The molecule has 80 valence electrons. The smallest absolute Gasteiger partial charge is 0.331 e. The zero-order valence-electron chi connectivity index (χ0n) is 8.49. The van der Waals surface area contributed by atoms with E-state index in [2.05, 4.69) is 0 Å². The molecule has 0 fully saturated rings. The number of carbonyl (C=O) groups excluding carboxylic acids is 1. The molecule has 0 aliphatic heterocycles. The first kappa shape index (κ1) is 12.6. The van der Waals surface area contributed by atoms with Crippen molar-refractivity contribution in [2.45, 2.75) is 12.8 Å². The molecule has 0 aromatic carbocycles. The molecule has 0 aromatic rings. The van der Waals surface area contributed by atoms with Gasteiger partial charge in [-0.3, -0.25) is 4.79 Å². The molecule has 5 nitrogen and oxygen atoms in total. The van der Waals surface area contributed by atoms with Crippen LogP contribution in [-0.2, 0) is 9.59 Å². The van der Waals surface area contributed by atoms with Crippen LogP contribution in [0.3, 0.4) is 0 Å². The SMILES string of the molecule is CN(C)CCC/C(=C/C(N)=O)C(=O)O. The number of nitrogens with two attached hydrogens (primary N) is 1. The highest BCUT2D eigenvalue weighted by Gasteiger charge is 2.08. The fourth-order valence-corrected chi connectivity index (χ4v) is 0.998. The number of amides is 1. The Hall–Kier alpha value is -1.36. The fraction of sp³-hybridized carbons (Fsp3) is 0.556. The summed E-state index contributed by atoms with van der Waals surface area (Å²) < 4.78 is 0. The summed E-state index contributed by atoms with van der Waals surface area (Å²) in [6.45, 7) is 0.781. The predicted molar refractivity (Wildman–Crippen MR) is 52.7 cm³/mol. The van der Waals surface area contributed by atoms with E-state index in [1.54, 1.807) is 0 Å². The Morgan fingerprint density at radius 1 is 1.43 bits per heavy atom. The number of carboxylic acid groups (broad SMARTS) is 1. The predicted octanol–water partition coefficient (Wildman–Crippen LogP) is -0.175. The minimum atomic E-state index is -1.08. The van der Waals surface area contributed by atoms with Crippen molar-refractivity contribution in [1.29, 1.82) is 0 Å². The fourth-order valence-electron chi connectivity index (χ4n) is 0.998. The van der Waals surface area contributed by atoms with E-state index in [9.17, 15) is 9.59 Å². The Bertz CT molecular complexity index is 246. The van der Waals surface area contributed by atoms with Gasteiger partial charge in [0.05, 0.1) is 0 Å². The number of rotatable bonds is 6. The van der Waals surface area contributed by atoms with Gasteiger partial charge in [-0.2, -0.15) is 0 Å². The van der Waals surface area contributed by atoms with Crippen LogP contribution < -0.4 is 5.73 Å². The highest BCUT2D eigenvalue weighted by Crippen LogP contribution is 2.05. The number of nitrogens with zero attached hydrogens (tertiary/aromatic N) is 1. The van der Waals surface area contributed by atoms with Gasteiger partial charge in [-0.15, -0.1) is 0 Å². The lowest BCUT2D eigenvalue weighted by Crippen LogP contribution is -2.15. The average molecular weight is 200 g/mol. The first-order chi connectivity index (χ1) is 6.43. The van der Waals surface area contributed by atoms with E-state index < -0.39 is 11.9 Å². The molecule has 0 bridgehead atoms. The molecule has 0 heterocycles. The summed E-state index contributed by atoms with van der Waals surface area (Å²) in [5, 5.41) is 8.70. The third-order valence-electron chi connectivity index (χ3n) is 1.64. The van der Waals surface area contributed by atoms with Crippen molar-refractivity contribution in [2.75, 3.05) is 20.6 Å². The Morgan fingerprint density at radius 3 is 2.36 bits per heavy atom. The maximum Gasteiger partial charge on any atom is 0.331 e. The summed E-state index contributed by atoms with van der Waals surface area (Å²) in [5.41, 5.74) is 4.94. The van der Waals surface area contributed by atoms with Gasteiger partial charge in [0, 0.05) is 11.6 Å². The number of carboxylic acids is 1. The van der Waals surface area contributed by atoms with Gasteiger partial charge in [0.2, 0.25) is 5.91 Å². The molecule has 0 unspecified atom stereocenters. The van der Waals surface area contributed by atoms with Gasteiger partial charge in [0.25, 0.3) is 0 Å². The van der Waals surface area contributed by atoms with E-state index in [1.165, 1.54) is 0 Å². The molecule has 1 amide bonds. The summed E-state index contributed by atoms with van der Waals surface area (Å²) in [4.78, 5) is 23.1. The summed E-state index contributed by atoms with van der Waals surface area (Å²) in [6.07, 6.45) is 2.02. The Labute approximate surface area is 83.2 Å². The van der Waals surface area contributed by atoms with Crippen LogP contribution in [0.15, 0.2) is 11.6 Å². The molecule has 0 aliphatic rings. The lowest BCUT2D eigenvalue weighted by Gasteiger charge is -2.08. The third kappa shape index (κ3) is 6.19.